The maximum atomic E-state index is 5.85. The van der Waals surface area contributed by atoms with Gasteiger partial charge in [-0.25, -0.2) is 4.98 Å². The van der Waals surface area contributed by atoms with E-state index < -0.39 is 0 Å². The third-order valence-corrected chi connectivity index (χ3v) is 3.90. The number of hydrogen-bond donors (Lipinski definition) is 2. The van der Waals surface area contributed by atoms with Gasteiger partial charge in [0.05, 0.1) is 9.50 Å². The zero-order valence-electron chi connectivity index (χ0n) is 8.92. The highest BCUT2D eigenvalue weighted by Crippen LogP contribution is 2.30. The van der Waals surface area contributed by atoms with Crippen molar-refractivity contribution < 1.29 is 0 Å². The van der Waals surface area contributed by atoms with E-state index >= 15 is 0 Å². The van der Waals surface area contributed by atoms with Crippen molar-refractivity contribution in [2.75, 3.05) is 11.9 Å². The molecule has 0 bridgehead atoms. The topological polar surface area (TPSA) is 50.9 Å². The van der Waals surface area contributed by atoms with Gasteiger partial charge in [0.2, 0.25) is 0 Å². The van der Waals surface area contributed by atoms with Crippen LogP contribution >= 0.6 is 27.5 Å². The average Bonchev–Trinajstić information content (AvgIpc) is 2.69. The van der Waals surface area contributed by atoms with Crippen LogP contribution in [0.2, 0.25) is 5.02 Å². The number of nitrogens with two attached hydrogens (primary N) is 1. The number of rotatable bonds is 3. The van der Waals surface area contributed by atoms with Gasteiger partial charge in [0.1, 0.15) is 5.82 Å². The lowest BCUT2D eigenvalue weighted by Crippen LogP contribution is -2.29. The highest BCUT2D eigenvalue weighted by molar-refractivity contribution is 9.10. The van der Waals surface area contributed by atoms with Gasteiger partial charge in [0, 0.05) is 12.2 Å². The molecule has 0 radical (unpaired) electrons. The van der Waals surface area contributed by atoms with Crippen LogP contribution in [0.5, 0.6) is 0 Å². The van der Waals surface area contributed by atoms with Crippen LogP contribution in [0, 0.1) is 5.92 Å². The van der Waals surface area contributed by atoms with Crippen LogP contribution in [-0.4, -0.2) is 17.6 Å². The maximum Gasteiger partial charge on any atom is 0.140 e. The third kappa shape index (κ3) is 2.67. The van der Waals surface area contributed by atoms with Crippen LogP contribution in [0.3, 0.4) is 0 Å². The molecule has 2 rings (SSSR count). The van der Waals surface area contributed by atoms with E-state index in [2.05, 4.69) is 26.2 Å². The molecule has 2 unspecified atom stereocenters. The molecule has 1 aliphatic rings. The number of hydrogen-bond acceptors (Lipinski definition) is 3. The average molecular weight is 305 g/mol. The van der Waals surface area contributed by atoms with E-state index in [-0.39, 0.29) is 0 Å². The lowest BCUT2D eigenvalue weighted by Gasteiger charge is -2.20. The number of nitrogens with one attached hydrogen (secondary N) is 1. The summed E-state index contributed by atoms with van der Waals surface area (Å²) in [6, 6.07) is 2.29. The van der Waals surface area contributed by atoms with Gasteiger partial charge in [-0.1, -0.05) is 18.0 Å². The van der Waals surface area contributed by atoms with E-state index in [1.807, 2.05) is 6.07 Å². The second-order valence-corrected chi connectivity index (χ2v) is 5.45. The summed E-state index contributed by atoms with van der Waals surface area (Å²) in [5.41, 5.74) is 5.75. The molecule has 0 aliphatic heterocycles. The largest absolute Gasteiger partial charge is 0.366 e. The van der Waals surface area contributed by atoms with Gasteiger partial charge in [-0.15, -0.1) is 0 Å². The van der Waals surface area contributed by atoms with Crippen LogP contribution < -0.4 is 11.1 Å². The van der Waals surface area contributed by atoms with E-state index in [4.69, 9.17) is 17.3 Å². The summed E-state index contributed by atoms with van der Waals surface area (Å²) in [6.07, 6.45) is 5.27. The summed E-state index contributed by atoms with van der Waals surface area (Å²) in [5.74, 6) is 1.42. The first-order chi connectivity index (χ1) is 7.70. The van der Waals surface area contributed by atoms with Crippen molar-refractivity contribution >= 4 is 33.3 Å². The van der Waals surface area contributed by atoms with E-state index in [0.717, 1.165) is 16.8 Å². The predicted octanol–water partition coefficient (Wildman–Crippen LogP) is 3.04. The lowest BCUT2D eigenvalue weighted by atomic mass is 10.0. The van der Waals surface area contributed by atoms with Crippen molar-refractivity contribution in [3.05, 3.63) is 21.8 Å². The van der Waals surface area contributed by atoms with Gasteiger partial charge < -0.3 is 11.1 Å². The Morgan fingerprint density at radius 3 is 3.06 bits per heavy atom. The molecule has 1 aromatic heterocycles. The first kappa shape index (κ1) is 12.1. The number of nitrogens with zero attached hydrogens (tertiary/aromatic N) is 1. The molecule has 88 valence electrons. The fourth-order valence-corrected chi connectivity index (χ4v) is 2.96. The number of halogens is 2. The standard InChI is InChI=1S/C11H15BrClN3/c12-9-4-8(13)6-15-11(9)16-10-3-1-2-7(10)5-14/h4,6-7,10H,1-3,5,14H2,(H,15,16). The van der Waals surface area contributed by atoms with E-state index in [1.165, 1.54) is 19.3 Å². The summed E-state index contributed by atoms with van der Waals surface area (Å²) < 4.78 is 0.905. The zero-order valence-corrected chi connectivity index (χ0v) is 11.3. The summed E-state index contributed by atoms with van der Waals surface area (Å²) in [5, 5.41) is 4.08. The molecule has 0 saturated heterocycles. The summed E-state index contributed by atoms with van der Waals surface area (Å²) >= 11 is 9.30. The predicted molar refractivity (Wildman–Crippen MR) is 70.8 cm³/mol. The Labute approximate surface area is 109 Å². The van der Waals surface area contributed by atoms with Gasteiger partial charge in [0.15, 0.2) is 0 Å². The van der Waals surface area contributed by atoms with Crippen LogP contribution in [0.25, 0.3) is 0 Å². The van der Waals surface area contributed by atoms with Crippen LogP contribution in [-0.2, 0) is 0 Å². The molecule has 0 amide bonds. The third-order valence-electron chi connectivity index (χ3n) is 3.09. The molecule has 1 heterocycles. The number of anilines is 1. The van der Waals surface area contributed by atoms with Crippen molar-refractivity contribution in [3.63, 3.8) is 0 Å². The molecule has 16 heavy (non-hydrogen) atoms. The SMILES string of the molecule is NCC1CCCC1Nc1ncc(Cl)cc1Br. The minimum absolute atomic E-state index is 0.440. The molecular formula is C11H15BrClN3. The van der Waals surface area contributed by atoms with Crippen molar-refractivity contribution in [1.29, 1.82) is 0 Å². The molecule has 1 aliphatic carbocycles. The minimum atomic E-state index is 0.440. The Bertz CT molecular complexity index is 372. The van der Waals surface area contributed by atoms with E-state index in [9.17, 15) is 0 Å². The quantitative estimate of drug-likeness (QED) is 0.902. The Balaban J connectivity index is 2.08. The van der Waals surface area contributed by atoms with E-state index in [1.54, 1.807) is 6.20 Å². The minimum Gasteiger partial charge on any atom is -0.366 e. The monoisotopic (exact) mass is 303 g/mol. The smallest absolute Gasteiger partial charge is 0.140 e. The Morgan fingerprint density at radius 1 is 1.56 bits per heavy atom. The molecular weight excluding hydrogens is 289 g/mol. The Morgan fingerprint density at radius 2 is 2.38 bits per heavy atom. The van der Waals surface area contributed by atoms with Crippen LogP contribution in [0.4, 0.5) is 5.82 Å². The van der Waals surface area contributed by atoms with Gasteiger partial charge in [-0.2, -0.15) is 0 Å². The molecule has 3 nitrogen and oxygen atoms in total. The van der Waals surface area contributed by atoms with Crippen molar-refractivity contribution in [1.82, 2.24) is 4.98 Å². The first-order valence-corrected chi connectivity index (χ1v) is 6.65. The lowest BCUT2D eigenvalue weighted by molar-refractivity contribution is 0.515. The number of aromatic nitrogens is 1. The van der Waals surface area contributed by atoms with Crippen molar-refractivity contribution in [2.24, 2.45) is 11.7 Å². The van der Waals surface area contributed by atoms with Gasteiger partial charge >= 0.3 is 0 Å². The molecule has 1 aromatic rings. The highest BCUT2D eigenvalue weighted by atomic mass is 79.9. The molecule has 0 spiro atoms. The second-order valence-electron chi connectivity index (χ2n) is 4.16. The van der Waals surface area contributed by atoms with Gasteiger partial charge in [-0.3, -0.25) is 0 Å². The van der Waals surface area contributed by atoms with Gasteiger partial charge in [-0.05, 0) is 47.3 Å². The summed E-state index contributed by atoms with van der Waals surface area (Å²) in [7, 11) is 0. The molecule has 2 atom stereocenters. The molecule has 3 N–H and O–H groups in total. The molecule has 1 fully saturated rings. The highest BCUT2D eigenvalue weighted by Gasteiger charge is 2.26. The fraction of sp³-hybridized carbons (Fsp3) is 0.545. The van der Waals surface area contributed by atoms with Crippen molar-refractivity contribution in [3.8, 4) is 0 Å². The van der Waals surface area contributed by atoms with E-state index in [0.29, 0.717) is 17.0 Å². The first-order valence-electron chi connectivity index (χ1n) is 5.48. The fourth-order valence-electron chi connectivity index (χ4n) is 2.21. The number of pyridine rings is 1. The molecule has 0 aromatic carbocycles. The molecule has 1 saturated carbocycles. The van der Waals surface area contributed by atoms with Crippen molar-refractivity contribution in [2.45, 2.75) is 25.3 Å². The second kappa shape index (κ2) is 5.34. The van der Waals surface area contributed by atoms with Gasteiger partial charge in [0.25, 0.3) is 0 Å². The Hall–Kier alpha value is -0.320. The van der Waals surface area contributed by atoms with Crippen LogP contribution in [0.1, 0.15) is 19.3 Å². The van der Waals surface area contributed by atoms with Crippen LogP contribution in [0.15, 0.2) is 16.7 Å². The Kier molecular flexibility index (Phi) is 4.05. The maximum absolute atomic E-state index is 5.85. The molecule has 5 heteroatoms. The zero-order chi connectivity index (χ0) is 11.5. The summed E-state index contributed by atoms with van der Waals surface area (Å²) in [4.78, 5) is 4.28. The normalized spacial score (nSPS) is 24.7. The summed E-state index contributed by atoms with van der Waals surface area (Å²) in [6.45, 7) is 0.739.